The molecule has 0 unspecified atom stereocenters. The zero-order chi connectivity index (χ0) is 17.4. The van der Waals surface area contributed by atoms with Crippen molar-refractivity contribution >= 4 is 16.1 Å². The van der Waals surface area contributed by atoms with Crippen molar-refractivity contribution in [3.8, 4) is 0 Å². The van der Waals surface area contributed by atoms with E-state index in [0.29, 0.717) is 13.0 Å². The Bertz CT molecular complexity index is 437. The summed E-state index contributed by atoms with van der Waals surface area (Å²) in [4.78, 5) is 11.5. The lowest BCUT2D eigenvalue weighted by atomic mass is 9.99. The molecule has 0 aliphatic heterocycles. The van der Waals surface area contributed by atoms with Crippen molar-refractivity contribution in [2.45, 2.75) is 59.4 Å². The van der Waals surface area contributed by atoms with Gasteiger partial charge in [-0.15, -0.1) is 0 Å². The number of hydrogen-bond donors (Lipinski definition) is 1. The molecule has 0 rings (SSSR count). The Balaban J connectivity index is 3.88. The number of ether oxygens (including phenoxy) is 1. The molecule has 0 atom stereocenters. The van der Waals surface area contributed by atoms with Gasteiger partial charge in [0.25, 0.3) is 10.1 Å². The van der Waals surface area contributed by atoms with Crippen molar-refractivity contribution in [3.05, 3.63) is 0 Å². The Morgan fingerprint density at radius 3 is 2.14 bits per heavy atom. The molecule has 0 heterocycles. The van der Waals surface area contributed by atoms with Crippen molar-refractivity contribution in [2.24, 2.45) is 5.41 Å². The molecule has 0 saturated heterocycles. The molecule has 22 heavy (non-hydrogen) atoms. The van der Waals surface area contributed by atoms with E-state index >= 15 is 0 Å². The summed E-state index contributed by atoms with van der Waals surface area (Å²) in [5.74, 6) is -0.283. The van der Waals surface area contributed by atoms with Gasteiger partial charge in [0.1, 0.15) is 5.54 Å². The summed E-state index contributed by atoms with van der Waals surface area (Å²) in [6, 6.07) is 0. The van der Waals surface area contributed by atoms with E-state index in [1.165, 1.54) is 7.11 Å². The Kier molecular flexibility index (Phi) is 8.57. The Morgan fingerprint density at radius 2 is 1.64 bits per heavy atom. The first-order chi connectivity index (χ1) is 9.90. The number of rotatable bonds is 10. The molecule has 0 aromatic rings. The van der Waals surface area contributed by atoms with Gasteiger partial charge in [-0.25, -0.2) is 0 Å². The average molecular weight is 337 g/mol. The monoisotopic (exact) mass is 337 g/mol. The van der Waals surface area contributed by atoms with Crippen LogP contribution in [-0.4, -0.2) is 45.9 Å². The summed E-state index contributed by atoms with van der Waals surface area (Å²) >= 11 is 0. The quantitative estimate of drug-likeness (QED) is 0.373. The molecule has 0 aliphatic carbocycles. The second-order valence-electron chi connectivity index (χ2n) is 7.19. The van der Waals surface area contributed by atoms with Crippen LogP contribution in [0.2, 0.25) is 0 Å². The van der Waals surface area contributed by atoms with Crippen LogP contribution in [-0.2, 0) is 23.8 Å². The maximum atomic E-state index is 11.7. The van der Waals surface area contributed by atoms with Gasteiger partial charge in [-0.2, -0.15) is 8.42 Å². The van der Waals surface area contributed by atoms with Crippen LogP contribution in [0.15, 0.2) is 0 Å². The van der Waals surface area contributed by atoms with Crippen molar-refractivity contribution in [2.75, 3.05) is 26.0 Å². The number of carbonyl (C=O) groups excluding carboxylic acids is 1. The number of carbonyl (C=O) groups is 1. The first-order valence-corrected chi connectivity index (χ1v) is 9.18. The van der Waals surface area contributed by atoms with Crippen molar-refractivity contribution < 1.29 is 22.1 Å². The molecule has 0 aromatic carbocycles. The predicted octanol–water partition coefficient (Wildman–Crippen LogP) is 2.09. The lowest BCUT2D eigenvalue weighted by molar-refractivity contribution is -0.147. The van der Waals surface area contributed by atoms with Gasteiger partial charge in [0.15, 0.2) is 0 Å². The molecule has 1 N–H and O–H groups in total. The van der Waals surface area contributed by atoms with Gasteiger partial charge in [0, 0.05) is 0 Å². The fourth-order valence-corrected chi connectivity index (χ4v) is 2.84. The SMILES string of the molecule is COC(=O)C(C)(C)NCCCCCS(=O)(=O)OCC(C)(C)C. The molecule has 0 bridgehead atoms. The van der Waals surface area contributed by atoms with E-state index in [0.717, 1.165) is 12.8 Å². The number of methoxy groups -OCH3 is 1. The third-order valence-electron chi connectivity index (χ3n) is 3.01. The van der Waals surface area contributed by atoms with E-state index in [4.69, 9.17) is 8.92 Å². The van der Waals surface area contributed by atoms with Gasteiger partial charge in [-0.1, -0.05) is 27.2 Å². The predicted molar refractivity (Wildman–Crippen MR) is 87.1 cm³/mol. The highest BCUT2D eigenvalue weighted by molar-refractivity contribution is 7.86. The van der Waals surface area contributed by atoms with E-state index < -0.39 is 15.7 Å². The van der Waals surface area contributed by atoms with Crippen LogP contribution in [0.3, 0.4) is 0 Å². The van der Waals surface area contributed by atoms with E-state index in [9.17, 15) is 13.2 Å². The minimum atomic E-state index is -3.44. The summed E-state index contributed by atoms with van der Waals surface area (Å²) < 4.78 is 33.1. The molecule has 0 spiro atoms. The fourth-order valence-electron chi connectivity index (χ4n) is 1.63. The number of hydrogen-bond acceptors (Lipinski definition) is 6. The molecule has 7 heteroatoms. The van der Waals surface area contributed by atoms with Crippen LogP contribution in [0.5, 0.6) is 0 Å². The summed E-state index contributed by atoms with van der Waals surface area (Å²) in [6.45, 7) is 10.1. The molecule has 132 valence electrons. The second-order valence-corrected chi connectivity index (χ2v) is 8.95. The van der Waals surface area contributed by atoms with E-state index in [-0.39, 0.29) is 23.7 Å². The first-order valence-electron chi connectivity index (χ1n) is 7.60. The summed E-state index contributed by atoms with van der Waals surface area (Å²) in [6.07, 6.45) is 2.09. The van der Waals surface area contributed by atoms with E-state index in [2.05, 4.69) is 5.32 Å². The highest BCUT2D eigenvalue weighted by atomic mass is 32.2. The third-order valence-corrected chi connectivity index (χ3v) is 4.27. The maximum Gasteiger partial charge on any atom is 0.325 e. The smallest absolute Gasteiger partial charge is 0.325 e. The normalized spacial score (nSPS) is 13.2. The zero-order valence-electron chi connectivity index (χ0n) is 14.7. The van der Waals surface area contributed by atoms with Crippen LogP contribution in [0, 0.1) is 5.41 Å². The molecule has 0 radical (unpaired) electrons. The van der Waals surface area contributed by atoms with E-state index in [1.54, 1.807) is 13.8 Å². The molecule has 0 fully saturated rings. The summed E-state index contributed by atoms with van der Waals surface area (Å²) in [5.41, 5.74) is -0.896. The van der Waals surface area contributed by atoms with Gasteiger partial charge >= 0.3 is 5.97 Å². The lowest BCUT2D eigenvalue weighted by Crippen LogP contribution is -2.47. The minimum absolute atomic E-state index is 0.0312. The Labute approximate surface area is 135 Å². The van der Waals surface area contributed by atoms with Crippen LogP contribution in [0.1, 0.15) is 53.9 Å². The largest absolute Gasteiger partial charge is 0.468 e. The molecule has 6 nitrogen and oxygen atoms in total. The topological polar surface area (TPSA) is 81.7 Å². The highest BCUT2D eigenvalue weighted by Gasteiger charge is 2.27. The van der Waals surface area contributed by atoms with Gasteiger partial charge < -0.3 is 10.1 Å². The molecule has 0 saturated carbocycles. The molecular weight excluding hydrogens is 306 g/mol. The maximum absolute atomic E-state index is 11.7. The molecule has 0 amide bonds. The van der Waals surface area contributed by atoms with Gasteiger partial charge in [-0.3, -0.25) is 8.98 Å². The fraction of sp³-hybridized carbons (Fsp3) is 0.933. The average Bonchev–Trinajstić information content (AvgIpc) is 2.38. The number of unbranched alkanes of at least 4 members (excludes halogenated alkanes) is 2. The zero-order valence-corrected chi connectivity index (χ0v) is 15.5. The van der Waals surface area contributed by atoms with Gasteiger partial charge in [-0.05, 0) is 38.6 Å². The summed E-state index contributed by atoms with van der Waals surface area (Å²) in [5, 5.41) is 3.10. The van der Waals surface area contributed by atoms with Crippen LogP contribution < -0.4 is 5.32 Å². The number of nitrogens with one attached hydrogen (secondary N) is 1. The second kappa shape index (κ2) is 8.84. The Hall–Kier alpha value is -0.660. The van der Waals surface area contributed by atoms with Crippen molar-refractivity contribution in [1.29, 1.82) is 0 Å². The van der Waals surface area contributed by atoms with Crippen LogP contribution in [0.25, 0.3) is 0 Å². The van der Waals surface area contributed by atoms with Crippen molar-refractivity contribution in [3.63, 3.8) is 0 Å². The Morgan fingerprint density at radius 1 is 1.05 bits per heavy atom. The van der Waals surface area contributed by atoms with Crippen LogP contribution >= 0.6 is 0 Å². The first kappa shape index (κ1) is 21.3. The summed E-state index contributed by atoms with van der Waals surface area (Å²) in [7, 11) is -2.09. The van der Waals surface area contributed by atoms with Crippen LogP contribution in [0.4, 0.5) is 0 Å². The molecule has 0 aromatic heterocycles. The molecule has 0 aliphatic rings. The van der Waals surface area contributed by atoms with E-state index in [1.807, 2.05) is 20.8 Å². The number of esters is 1. The van der Waals surface area contributed by atoms with Gasteiger partial charge in [0.05, 0.1) is 19.5 Å². The van der Waals surface area contributed by atoms with Crippen molar-refractivity contribution in [1.82, 2.24) is 5.32 Å². The van der Waals surface area contributed by atoms with Gasteiger partial charge in [0.2, 0.25) is 0 Å². The lowest BCUT2D eigenvalue weighted by Gasteiger charge is -2.23. The molecular formula is C15H31NO5S. The standard InChI is InChI=1S/C15H31NO5S/c1-14(2,3)12-21-22(18,19)11-9-7-8-10-16-15(4,5)13(17)20-6/h16H,7-12H2,1-6H3. The minimum Gasteiger partial charge on any atom is -0.468 e. The third kappa shape index (κ3) is 10.1. The highest BCUT2D eigenvalue weighted by Crippen LogP contribution is 2.15.